The molecule has 0 radical (unpaired) electrons. The highest BCUT2D eigenvalue weighted by molar-refractivity contribution is 9.10. The van der Waals surface area contributed by atoms with E-state index >= 15 is 0 Å². The summed E-state index contributed by atoms with van der Waals surface area (Å²) in [7, 11) is 1.94. The van der Waals surface area contributed by atoms with Crippen molar-refractivity contribution >= 4 is 27.7 Å². The maximum atomic E-state index is 9.21. The fourth-order valence-corrected chi connectivity index (χ4v) is 2.30. The molecule has 88 valence electrons. The Morgan fingerprint density at radius 1 is 1.56 bits per heavy atom. The van der Waals surface area contributed by atoms with Gasteiger partial charge in [0.2, 0.25) is 5.95 Å². The maximum Gasteiger partial charge on any atom is 0.228 e. The lowest BCUT2D eigenvalue weighted by molar-refractivity contribution is 0.0463. The van der Waals surface area contributed by atoms with Crippen LogP contribution in [-0.4, -0.2) is 34.8 Å². The number of anilines is 2. The van der Waals surface area contributed by atoms with Gasteiger partial charge in [0.05, 0.1) is 6.10 Å². The first-order valence-corrected chi connectivity index (χ1v) is 6.03. The van der Waals surface area contributed by atoms with Crippen molar-refractivity contribution in [2.45, 2.75) is 18.9 Å². The molecule has 0 atom stereocenters. The van der Waals surface area contributed by atoms with E-state index in [0.29, 0.717) is 22.3 Å². The first kappa shape index (κ1) is 11.6. The second kappa shape index (κ2) is 4.55. The summed E-state index contributed by atoms with van der Waals surface area (Å²) in [4.78, 5) is 10.4. The first-order valence-electron chi connectivity index (χ1n) is 5.24. The van der Waals surface area contributed by atoms with Crippen LogP contribution in [0.15, 0.2) is 10.7 Å². The number of aromatic nitrogens is 2. The van der Waals surface area contributed by atoms with E-state index in [4.69, 9.17) is 5.73 Å². The van der Waals surface area contributed by atoms with Gasteiger partial charge >= 0.3 is 0 Å². The van der Waals surface area contributed by atoms with E-state index in [-0.39, 0.29) is 6.10 Å². The van der Waals surface area contributed by atoms with Crippen LogP contribution in [0.25, 0.3) is 0 Å². The Kier molecular flexibility index (Phi) is 3.30. The largest absolute Gasteiger partial charge is 0.393 e. The summed E-state index contributed by atoms with van der Waals surface area (Å²) in [6.07, 6.45) is 1.62. The molecule has 0 saturated heterocycles. The van der Waals surface area contributed by atoms with Crippen molar-refractivity contribution in [3.05, 3.63) is 10.7 Å². The third-order valence-electron chi connectivity index (χ3n) is 2.79. The fraction of sp³-hybridized carbons (Fsp3) is 0.600. The van der Waals surface area contributed by atoms with E-state index in [0.717, 1.165) is 19.4 Å². The molecule has 2 rings (SSSR count). The van der Waals surface area contributed by atoms with Crippen LogP contribution in [-0.2, 0) is 0 Å². The minimum Gasteiger partial charge on any atom is -0.393 e. The SMILES string of the molecule is CN(CC1CC(O)C1)c1nc(N)cc(Br)n1. The predicted molar refractivity (Wildman–Crippen MR) is 66.1 cm³/mol. The Morgan fingerprint density at radius 3 is 2.81 bits per heavy atom. The molecule has 0 aliphatic heterocycles. The summed E-state index contributed by atoms with van der Waals surface area (Å²) < 4.78 is 0.690. The number of nitrogen functional groups attached to an aromatic ring is 1. The molecule has 0 amide bonds. The molecule has 1 aromatic heterocycles. The molecule has 5 nitrogen and oxygen atoms in total. The van der Waals surface area contributed by atoms with Gasteiger partial charge in [-0.3, -0.25) is 0 Å². The van der Waals surface area contributed by atoms with Crippen LogP contribution in [0.1, 0.15) is 12.8 Å². The molecule has 1 saturated carbocycles. The molecule has 1 aliphatic rings. The summed E-state index contributed by atoms with van der Waals surface area (Å²) >= 11 is 3.29. The highest BCUT2D eigenvalue weighted by Crippen LogP contribution is 2.28. The molecule has 0 unspecified atom stereocenters. The number of hydrogen-bond donors (Lipinski definition) is 2. The molecular formula is C10H15BrN4O. The fourth-order valence-electron chi connectivity index (χ4n) is 1.91. The van der Waals surface area contributed by atoms with Gasteiger partial charge in [0.15, 0.2) is 0 Å². The molecule has 6 heteroatoms. The zero-order valence-electron chi connectivity index (χ0n) is 9.10. The number of hydrogen-bond acceptors (Lipinski definition) is 5. The van der Waals surface area contributed by atoms with E-state index in [1.165, 1.54) is 0 Å². The quantitative estimate of drug-likeness (QED) is 0.812. The molecule has 1 aliphatic carbocycles. The summed E-state index contributed by atoms with van der Waals surface area (Å²) in [5.41, 5.74) is 5.65. The van der Waals surface area contributed by atoms with Gasteiger partial charge in [0, 0.05) is 19.7 Å². The van der Waals surface area contributed by atoms with Crippen LogP contribution in [0.5, 0.6) is 0 Å². The normalized spacial score (nSPS) is 23.9. The topological polar surface area (TPSA) is 75.3 Å². The van der Waals surface area contributed by atoms with Crippen molar-refractivity contribution in [2.75, 3.05) is 24.2 Å². The summed E-state index contributed by atoms with van der Waals surface area (Å²) in [6.45, 7) is 0.854. The van der Waals surface area contributed by atoms with Crippen LogP contribution in [0.2, 0.25) is 0 Å². The number of halogens is 1. The van der Waals surface area contributed by atoms with Gasteiger partial charge in [-0.05, 0) is 34.7 Å². The Morgan fingerprint density at radius 2 is 2.25 bits per heavy atom. The maximum absolute atomic E-state index is 9.21. The molecule has 1 fully saturated rings. The second-order valence-corrected chi connectivity index (χ2v) is 5.10. The number of aliphatic hydroxyl groups excluding tert-OH is 1. The Labute approximate surface area is 103 Å². The molecular weight excluding hydrogens is 272 g/mol. The monoisotopic (exact) mass is 286 g/mol. The zero-order valence-corrected chi connectivity index (χ0v) is 10.7. The molecule has 3 N–H and O–H groups in total. The standard InChI is InChI=1S/C10H15BrN4O/c1-15(5-6-2-7(16)3-6)10-13-8(11)4-9(12)14-10/h4,6-7,16H,2-3,5H2,1H3,(H2,12,13,14). The molecule has 1 heterocycles. The number of nitrogens with two attached hydrogens (primary N) is 1. The van der Waals surface area contributed by atoms with E-state index in [1.54, 1.807) is 6.07 Å². The van der Waals surface area contributed by atoms with E-state index in [1.807, 2.05) is 11.9 Å². The summed E-state index contributed by atoms with van der Waals surface area (Å²) in [5, 5.41) is 9.21. The third kappa shape index (κ3) is 2.62. The van der Waals surface area contributed by atoms with Gasteiger partial charge in [0.25, 0.3) is 0 Å². The first-order chi connectivity index (χ1) is 7.54. The average Bonchev–Trinajstić information content (AvgIpc) is 2.13. The molecule has 0 aromatic carbocycles. The predicted octanol–water partition coefficient (Wildman–Crippen LogP) is 1.03. The van der Waals surface area contributed by atoms with Crippen LogP contribution in [0.3, 0.4) is 0 Å². The zero-order chi connectivity index (χ0) is 11.7. The van der Waals surface area contributed by atoms with Crippen LogP contribution < -0.4 is 10.6 Å². The lowest BCUT2D eigenvalue weighted by Crippen LogP contribution is -2.37. The van der Waals surface area contributed by atoms with Crippen molar-refractivity contribution in [3.8, 4) is 0 Å². The lowest BCUT2D eigenvalue weighted by atomic mass is 9.82. The summed E-state index contributed by atoms with van der Waals surface area (Å²) in [5.74, 6) is 1.61. The van der Waals surface area contributed by atoms with Crippen molar-refractivity contribution < 1.29 is 5.11 Å². The van der Waals surface area contributed by atoms with Crippen LogP contribution in [0, 0.1) is 5.92 Å². The minimum atomic E-state index is -0.119. The molecule has 0 spiro atoms. The van der Waals surface area contributed by atoms with Crippen molar-refractivity contribution in [2.24, 2.45) is 5.92 Å². The smallest absolute Gasteiger partial charge is 0.228 e. The van der Waals surface area contributed by atoms with Crippen LogP contribution in [0.4, 0.5) is 11.8 Å². The van der Waals surface area contributed by atoms with Crippen molar-refractivity contribution in [1.29, 1.82) is 0 Å². The minimum absolute atomic E-state index is 0.119. The van der Waals surface area contributed by atoms with Gasteiger partial charge in [-0.1, -0.05) is 0 Å². The average molecular weight is 287 g/mol. The number of nitrogens with zero attached hydrogens (tertiary/aromatic N) is 3. The van der Waals surface area contributed by atoms with Gasteiger partial charge in [-0.25, -0.2) is 4.98 Å². The number of aliphatic hydroxyl groups is 1. The Balaban J connectivity index is 2.00. The van der Waals surface area contributed by atoms with E-state index in [2.05, 4.69) is 25.9 Å². The number of rotatable bonds is 3. The Hall–Kier alpha value is -0.880. The van der Waals surface area contributed by atoms with Gasteiger partial charge in [-0.15, -0.1) is 0 Å². The molecule has 1 aromatic rings. The van der Waals surface area contributed by atoms with Crippen LogP contribution >= 0.6 is 15.9 Å². The second-order valence-electron chi connectivity index (χ2n) is 4.29. The molecule has 0 bridgehead atoms. The third-order valence-corrected chi connectivity index (χ3v) is 3.19. The van der Waals surface area contributed by atoms with Gasteiger partial charge in [-0.2, -0.15) is 4.98 Å². The Bertz CT molecular complexity index is 361. The van der Waals surface area contributed by atoms with Crippen molar-refractivity contribution in [3.63, 3.8) is 0 Å². The van der Waals surface area contributed by atoms with E-state index in [9.17, 15) is 5.11 Å². The highest BCUT2D eigenvalue weighted by Gasteiger charge is 2.28. The molecule has 16 heavy (non-hydrogen) atoms. The lowest BCUT2D eigenvalue weighted by Gasteiger charge is -2.34. The van der Waals surface area contributed by atoms with Gasteiger partial charge in [0.1, 0.15) is 10.4 Å². The summed E-state index contributed by atoms with van der Waals surface area (Å²) in [6, 6.07) is 1.67. The van der Waals surface area contributed by atoms with Crippen molar-refractivity contribution in [1.82, 2.24) is 9.97 Å². The highest BCUT2D eigenvalue weighted by atomic mass is 79.9. The van der Waals surface area contributed by atoms with E-state index < -0.39 is 0 Å². The van der Waals surface area contributed by atoms with Gasteiger partial charge < -0.3 is 15.7 Å².